The van der Waals surface area contributed by atoms with Crippen LogP contribution in [0.5, 0.6) is 0 Å². The van der Waals surface area contributed by atoms with Gasteiger partial charge in [0.1, 0.15) is 11.4 Å². The van der Waals surface area contributed by atoms with Crippen LogP contribution < -0.4 is 5.32 Å². The number of nitrogens with one attached hydrogen (secondary N) is 1. The van der Waals surface area contributed by atoms with Crippen LogP contribution in [0.3, 0.4) is 0 Å². The molecule has 1 fully saturated rings. The fourth-order valence-corrected chi connectivity index (χ4v) is 4.19. The lowest BCUT2D eigenvalue weighted by Gasteiger charge is -2.26. The molecular weight excluding hydrogens is 474 g/mol. The lowest BCUT2D eigenvalue weighted by atomic mass is 9.85. The first-order chi connectivity index (χ1) is 16.7. The highest BCUT2D eigenvalue weighted by Crippen LogP contribution is 2.50. The van der Waals surface area contributed by atoms with Gasteiger partial charge in [-0.15, -0.1) is 0 Å². The van der Waals surface area contributed by atoms with Crippen LogP contribution in [0.25, 0.3) is 0 Å². The molecule has 0 bridgehead atoms. The highest BCUT2D eigenvalue weighted by molar-refractivity contribution is 5.96. The number of halogens is 4. The van der Waals surface area contributed by atoms with Crippen LogP contribution in [0, 0.1) is 17.2 Å². The molecule has 0 saturated heterocycles. The molecular formula is C28H33F4NO3. The molecule has 1 N–H and O–H groups in total. The molecule has 4 nitrogen and oxygen atoms in total. The smallest absolute Gasteiger partial charge is 0.392 e. The van der Waals surface area contributed by atoms with E-state index in [4.69, 9.17) is 4.74 Å². The molecule has 2 atom stereocenters. The largest absolute Gasteiger partial charge is 0.460 e. The molecule has 1 aliphatic carbocycles. The molecule has 0 spiro atoms. The van der Waals surface area contributed by atoms with Crippen LogP contribution in [-0.2, 0) is 27.2 Å². The van der Waals surface area contributed by atoms with E-state index in [0.717, 1.165) is 12.5 Å². The normalized spacial score (nSPS) is 16.7. The van der Waals surface area contributed by atoms with Gasteiger partial charge in [0.25, 0.3) is 0 Å². The summed E-state index contributed by atoms with van der Waals surface area (Å²) in [7, 11) is 0. The monoisotopic (exact) mass is 507 g/mol. The van der Waals surface area contributed by atoms with E-state index < -0.39 is 46.7 Å². The number of ether oxygens (including phenoxy) is 1. The summed E-state index contributed by atoms with van der Waals surface area (Å²) in [4.78, 5) is 25.8. The average molecular weight is 508 g/mol. The van der Waals surface area contributed by atoms with E-state index in [1.165, 1.54) is 30.3 Å². The molecule has 1 aliphatic rings. The van der Waals surface area contributed by atoms with E-state index in [-0.39, 0.29) is 23.2 Å². The first-order valence-electron chi connectivity index (χ1n) is 12.1. The Hall–Kier alpha value is -2.90. The molecule has 1 saturated carbocycles. The van der Waals surface area contributed by atoms with Gasteiger partial charge in [0.2, 0.25) is 5.91 Å². The Kier molecular flexibility index (Phi) is 7.86. The minimum atomic E-state index is -4.63. The molecule has 0 aromatic heterocycles. The zero-order chi connectivity index (χ0) is 26.9. The van der Waals surface area contributed by atoms with Crippen molar-refractivity contribution >= 4 is 17.6 Å². The second-order valence-corrected chi connectivity index (χ2v) is 10.6. The number of rotatable bonds is 8. The van der Waals surface area contributed by atoms with Crippen LogP contribution in [0.4, 0.5) is 23.2 Å². The highest BCUT2D eigenvalue weighted by atomic mass is 19.4. The molecule has 2 aromatic carbocycles. The predicted octanol–water partition coefficient (Wildman–Crippen LogP) is 6.97. The lowest BCUT2D eigenvalue weighted by Crippen LogP contribution is -2.34. The summed E-state index contributed by atoms with van der Waals surface area (Å²) in [5.41, 5.74) is -0.403. The number of benzene rings is 2. The van der Waals surface area contributed by atoms with Gasteiger partial charge < -0.3 is 10.1 Å². The van der Waals surface area contributed by atoms with Crippen LogP contribution in [0.1, 0.15) is 70.1 Å². The first kappa shape index (κ1) is 27.7. The van der Waals surface area contributed by atoms with Gasteiger partial charge in [-0.3, -0.25) is 9.59 Å². The fourth-order valence-electron chi connectivity index (χ4n) is 4.19. The summed E-state index contributed by atoms with van der Waals surface area (Å²) < 4.78 is 61.9. The molecule has 196 valence electrons. The number of esters is 1. The van der Waals surface area contributed by atoms with E-state index in [1.807, 2.05) is 6.92 Å². The van der Waals surface area contributed by atoms with E-state index >= 15 is 4.39 Å². The van der Waals surface area contributed by atoms with Gasteiger partial charge in [-0.05, 0) is 69.2 Å². The SMILES string of the molecule is CCc1ccc([C@@H](C(=O)Nc2cccc(CC3(C(=O)OC(C)(C)C)CC3)c2F)[C@@H](C)C(F)(F)F)cc1. The third-order valence-electron chi connectivity index (χ3n) is 6.60. The number of carbonyl (C=O) groups is 2. The van der Waals surface area contributed by atoms with Crippen molar-refractivity contribution in [3.05, 3.63) is 65.0 Å². The van der Waals surface area contributed by atoms with Crippen LogP contribution in [-0.4, -0.2) is 23.7 Å². The van der Waals surface area contributed by atoms with E-state index in [9.17, 15) is 22.8 Å². The number of anilines is 1. The minimum absolute atomic E-state index is 0.0817. The van der Waals surface area contributed by atoms with Gasteiger partial charge in [0.05, 0.1) is 22.9 Å². The number of aryl methyl sites for hydroxylation is 1. The second kappa shape index (κ2) is 10.2. The summed E-state index contributed by atoms with van der Waals surface area (Å²) in [6, 6.07) is 10.7. The maximum atomic E-state index is 15.4. The van der Waals surface area contributed by atoms with Crippen molar-refractivity contribution in [1.29, 1.82) is 0 Å². The van der Waals surface area contributed by atoms with Crippen molar-refractivity contribution in [1.82, 2.24) is 0 Å². The molecule has 2 aromatic rings. The molecule has 0 radical (unpaired) electrons. The quantitative estimate of drug-likeness (QED) is 0.310. The van der Waals surface area contributed by atoms with Crippen molar-refractivity contribution in [2.45, 2.75) is 78.0 Å². The molecule has 0 heterocycles. The maximum Gasteiger partial charge on any atom is 0.392 e. The summed E-state index contributed by atoms with van der Waals surface area (Å²) in [6.07, 6.45) is -2.74. The van der Waals surface area contributed by atoms with Crippen LogP contribution in [0.15, 0.2) is 42.5 Å². The second-order valence-electron chi connectivity index (χ2n) is 10.6. The van der Waals surface area contributed by atoms with Crippen molar-refractivity contribution in [3.63, 3.8) is 0 Å². The minimum Gasteiger partial charge on any atom is -0.460 e. The summed E-state index contributed by atoms with van der Waals surface area (Å²) >= 11 is 0. The van der Waals surface area contributed by atoms with Gasteiger partial charge in [0.15, 0.2) is 0 Å². The fraction of sp³-hybridized carbons (Fsp3) is 0.500. The molecule has 0 aliphatic heterocycles. The molecule has 8 heteroatoms. The third-order valence-corrected chi connectivity index (χ3v) is 6.60. The number of amides is 1. The zero-order valence-electron chi connectivity index (χ0n) is 21.3. The maximum absolute atomic E-state index is 15.4. The Morgan fingerprint density at radius 3 is 2.17 bits per heavy atom. The van der Waals surface area contributed by atoms with Crippen molar-refractivity contribution in [2.24, 2.45) is 11.3 Å². The Morgan fingerprint density at radius 1 is 1.06 bits per heavy atom. The van der Waals surface area contributed by atoms with Gasteiger partial charge in [-0.25, -0.2) is 4.39 Å². The molecule has 0 unspecified atom stereocenters. The van der Waals surface area contributed by atoms with Gasteiger partial charge in [-0.2, -0.15) is 13.2 Å². The lowest BCUT2D eigenvalue weighted by molar-refractivity contribution is -0.178. The summed E-state index contributed by atoms with van der Waals surface area (Å²) in [6.45, 7) is 8.13. The standard InChI is InChI=1S/C28H33F4NO3/c1-6-18-10-12-19(13-11-18)22(17(2)28(30,31)32)24(34)33-21-9-7-8-20(23(21)29)16-27(14-15-27)25(35)36-26(3,4)5/h7-13,17,22H,6,14-16H2,1-5H3,(H,33,34)/t17-,22+/m1/s1. The number of carbonyl (C=O) groups excluding carboxylic acids is 2. The highest BCUT2D eigenvalue weighted by Gasteiger charge is 2.52. The Bertz CT molecular complexity index is 1100. The van der Waals surface area contributed by atoms with Gasteiger partial charge in [-0.1, -0.05) is 50.2 Å². The number of hydrogen-bond acceptors (Lipinski definition) is 3. The Balaban J connectivity index is 1.85. The van der Waals surface area contributed by atoms with Crippen LogP contribution >= 0.6 is 0 Å². The number of hydrogen-bond donors (Lipinski definition) is 1. The van der Waals surface area contributed by atoms with E-state index in [0.29, 0.717) is 19.3 Å². The van der Waals surface area contributed by atoms with Crippen molar-refractivity contribution in [3.8, 4) is 0 Å². The van der Waals surface area contributed by atoms with E-state index in [2.05, 4.69) is 5.32 Å². The first-order valence-corrected chi connectivity index (χ1v) is 12.1. The summed E-state index contributed by atoms with van der Waals surface area (Å²) in [5, 5.41) is 2.37. The van der Waals surface area contributed by atoms with E-state index in [1.54, 1.807) is 32.9 Å². The summed E-state index contributed by atoms with van der Waals surface area (Å²) in [5.74, 6) is -5.67. The van der Waals surface area contributed by atoms with Crippen LogP contribution in [0.2, 0.25) is 0 Å². The van der Waals surface area contributed by atoms with Crippen molar-refractivity contribution in [2.75, 3.05) is 5.32 Å². The number of alkyl halides is 3. The topological polar surface area (TPSA) is 55.4 Å². The Morgan fingerprint density at radius 2 is 1.67 bits per heavy atom. The molecule has 3 rings (SSSR count). The average Bonchev–Trinajstić information content (AvgIpc) is 3.56. The Labute approximate surface area is 209 Å². The zero-order valence-corrected chi connectivity index (χ0v) is 21.3. The molecule has 36 heavy (non-hydrogen) atoms. The van der Waals surface area contributed by atoms with Crippen molar-refractivity contribution < 1.29 is 31.9 Å². The molecule has 1 amide bonds. The predicted molar refractivity (Wildman–Crippen MR) is 130 cm³/mol. The third kappa shape index (κ3) is 6.45. The van der Waals surface area contributed by atoms with Gasteiger partial charge >= 0.3 is 12.1 Å². The van der Waals surface area contributed by atoms with Gasteiger partial charge in [0, 0.05) is 0 Å².